The lowest BCUT2D eigenvalue weighted by molar-refractivity contribution is -0.116. The lowest BCUT2D eigenvalue weighted by Crippen LogP contribution is -2.25. The number of amides is 1. The van der Waals surface area contributed by atoms with E-state index in [0.29, 0.717) is 18.8 Å². The van der Waals surface area contributed by atoms with Crippen molar-refractivity contribution in [2.24, 2.45) is 0 Å². The van der Waals surface area contributed by atoms with E-state index in [4.69, 9.17) is 14.8 Å². The van der Waals surface area contributed by atoms with Crippen LogP contribution in [0, 0.1) is 13.8 Å². The SMILES string of the molecule is Cc1cccc(COc2ccccc2C2CC(=O)Nc3c2c(C)nn3-c2nc3ccccc3s2)c1. The molecule has 5 aromatic rings. The first-order valence-electron chi connectivity index (χ1n) is 11.6. The lowest BCUT2D eigenvalue weighted by Gasteiger charge is -2.25. The number of nitrogens with zero attached hydrogens (tertiary/aromatic N) is 3. The molecule has 0 radical (unpaired) electrons. The number of hydrogen-bond acceptors (Lipinski definition) is 5. The number of ether oxygens (including phenoxy) is 1. The maximum atomic E-state index is 12.9. The van der Waals surface area contributed by atoms with E-state index in [1.165, 1.54) is 5.56 Å². The maximum Gasteiger partial charge on any atom is 0.226 e. The summed E-state index contributed by atoms with van der Waals surface area (Å²) in [5, 5.41) is 8.61. The molecular formula is C28H24N4O2S. The van der Waals surface area contributed by atoms with Gasteiger partial charge in [-0.1, -0.05) is 71.5 Å². The van der Waals surface area contributed by atoms with Gasteiger partial charge in [0.1, 0.15) is 18.2 Å². The number of thiazole rings is 1. The molecule has 1 atom stereocenters. The van der Waals surface area contributed by atoms with Gasteiger partial charge in [0, 0.05) is 23.5 Å². The number of anilines is 1. The molecule has 1 aliphatic rings. The highest BCUT2D eigenvalue weighted by atomic mass is 32.1. The van der Waals surface area contributed by atoms with Crippen LogP contribution in [0.2, 0.25) is 0 Å². The monoisotopic (exact) mass is 480 g/mol. The number of carbonyl (C=O) groups excluding carboxylic acids is 1. The van der Waals surface area contributed by atoms with E-state index >= 15 is 0 Å². The van der Waals surface area contributed by atoms with E-state index in [0.717, 1.165) is 43.5 Å². The Bertz CT molecular complexity index is 1540. The van der Waals surface area contributed by atoms with Gasteiger partial charge in [-0.2, -0.15) is 9.78 Å². The molecule has 6 rings (SSSR count). The van der Waals surface area contributed by atoms with Crippen LogP contribution in [0.25, 0.3) is 15.3 Å². The smallest absolute Gasteiger partial charge is 0.226 e. The molecule has 0 bridgehead atoms. The van der Waals surface area contributed by atoms with Crippen molar-refractivity contribution in [3.63, 3.8) is 0 Å². The van der Waals surface area contributed by atoms with Gasteiger partial charge in [0.15, 0.2) is 0 Å². The Kier molecular flexibility index (Phi) is 5.34. The Morgan fingerprint density at radius 1 is 1.06 bits per heavy atom. The quantitative estimate of drug-likeness (QED) is 0.327. The summed E-state index contributed by atoms with van der Waals surface area (Å²) in [4.78, 5) is 17.7. The third-order valence-corrected chi connectivity index (χ3v) is 7.35. The Hall–Kier alpha value is -3.97. The minimum atomic E-state index is -0.157. The van der Waals surface area contributed by atoms with Gasteiger partial charge in [-0.3, -0.25) is 4.79 Å². The van der Waals surface area contributed by atoms with Crippen molar-refractivity contribution < 1.29 is 9.53 Å². The van der Waals surface area contributed by atoms with Gasteiger partial charge in [-0.05, 0) is 37.6 Å². The van der Waals surface area contributed by atoms with Gasteiger partial charge < -0.3 is 10.1 Å². The minimum Gasteiger partial charge on any atom is -0.489 e. The summed E-state index contributed by atoms with van der Waals surface area (Å²) in [7, 11) is 0. The highest BCUT2D eigenvalue weighted by Crippen LogP contribution is 2.43. The molecule has 7 heteroatoms. The van der Waals surface area contributed by atoms with Crippen molar-refractivity contribution in [2.45, 2.75) is 32.8 Å². The fourth-order valence-corrected chi connectivity index (χ4v) is 5.69. The van der Waals surface area contributed by atoms with Gasteiger partial charge in [-0.25, -0.2) is 4.98 Å². The molecule has 1 aliphatic heterocycles. The zero-order chi connectivity index (χ0) is 23.9. The second-order valence-electron chi connectivity index (χ2n) is 8.84. The van der Waals surface area contributed by atoms with Crippen LogP contribution >= 0.6 is 11.3 Å². The van der Waals surface area contributed by atoms with E-state index in [1.807, 2.05) is 61.5 Å². The first-order chi connectivity index (χ1) is 17.1. The molecule has 0 saturated heterocycles. The standard InChI is InChI=1S/C28H24N4O2S/c1-17-8-7-9-19(14-17)16-34-23-12-5-3-10-20(23)21-15-25(33)30-27-26(21)18(2)31-32(27)28-29-22-11-4-6-13-24(22)35-28/h3-14,21H,15-16H2,1-2H3,(H,30,33). The van der Waals surface area contributed by atoms with Crippen LogP contribution in [0.3, 0.4) is 0 Å². The summed E-state index contributed by atoms with van der Waals surface area (Å²) in [6, 6.07) is 24.3. The Morgan fingerprint density at radius 3 is 2.74 bits per heavy atom. The molecule has 0 aliphatic carbocycles. The van der Waals surface area contributed by atoms with Crippen LogP contribution in [-0.2, 0) is 11.4 Å². The van der Waals surface area contributed by atoms with E-state index in [-0.39, 0.29) is 11.8 Å². The molecule has 1 N–H and O–H groups in total. The van der Waals surface area contributed by atoms with E-state index in [2.05, 4.69) is 30.4 Å². The highest BCUT2D eigenvalue weighted by molar-refractivity contribution is 7.20. The summed E-state index contributed by atoms with van der Waals surface area (Å²) < 4.78 is 9.14. The average Bonchev–Trinajstić information content (AvgIpc) is 3.43. The summed E-state index contributed by atoms with van der Waals surface area (Å²) in [5.74, 6) is 1.27. The second kappa shape index (κ2) is 8.67. The molecular weight excluding hydrogens is 456 g/mol. The largest absolute Gasteiger partial charge is 0.489 e. The summed E-state index contributed by atoms with van der Waals surface area (Å²) in [6.45, 7) is 4.53. The number of fused-ring (bicyclic) bond motifs is 2. The molecule has 2 aromatic heterocycles. The van der Waals surface area contributed by atoms with Crippen LogP contribution in [0.1, 0.15) is 40.3 Å². The number of benzene rings is 3. The molecule has 1 amide bonds. The molecule has 3 aromatic carbocycles. The third kappa shape index (κ3) is 3.98. The Morgan fingerprint density at radius 2 is 1.89 bits per heavy atom. The first kappa shape index (κ1) is 21.6. The fraction of sp³-hybridized carbons (Fsp3) is 0.179. The molecule has 0 spiro atoms. The Balaban J connectivity index is 1.40. The van der Waals surface area contributed by atoms with Crippen molar-refractivity contribution in [1.29, 1.82) is 0 Å². The normalized spacial score (nSPS) is 15.1. The third-order valence-electron chi connectivity index (χ3n) is 6.34. The molecule has 6 nitrogen and oxygen atoms in total. The zero-order valence-electron chi connectivity index (χ0n) is 19.5. The lowest BCUT2D eigenvalue weighted by atomic mass is 9.85. The van der Waals surface area contributed by atoms with Crippen molar-refractivity contribution in [2.75, 3.05) is 5.32 Å². The van der Waals surface area contributed by atoms with E-state index in [1.54, 1.807) is 16.0 Å². The topological polar surface area (TPSA) is 69.0 Å². The number of rotatable bonds is 5. The molecule has 3 heterocycles. The number of aromatic nitrogens is 3. The summed E-state index contributed by atoms with van der Waals surface area (Å²) >= 11 is 1.56. The Labute approximate surface area is 207 Å². The summed E-state index contributed by atoms with van der Waals surface area (Å²) in [5.41, 5.74) is 6.10. The van der Waals surface area contributed by atoms with E-state index < -0.39 is 0 Å². The maximum absolute atomic E-state index is 12.9. The first-order valence-corrected chi connectivity index (χ1v) is 12.4. The molecule has 0 fully saturated rings. The van der Waals surface area contributed by atoms with Gasteiger partial charge in [0.2, 0.25) is 11.0 Å². The van der Waals surface area contributed by atoms with Crippen molar-refractivity contribution in [1.82, 2.24) is 14.8 Å². The second-order valence-corrected chi connectivity index (χ2v) is 9.85. The molecule has 1 unspecified atom stereocenters. The average molecular weight is 481 g/mol. The number of nitrogens with one attached hydrogen (secondary N) is 1. The number of para-hydroxylation sites is 2. The van der Waals surface area contributed by atoms with Crippen LogP contribution < -0.4 is 10.1 Å². The van der Waals surface area contributed by atoms with Crippen molar-refractivity contribution in [3.8, 4) is 10.9 Å². The molecule has 35 heavy (non-hydrogen) atoms. The van der Waals surface area contributed by atoms with Gasteiger partial charge in [-0.15, -0.1) is 0 Å². The van der Waals surface area contributed by atoms with Gasteiger partial charge >= 0.3 is 0 Å². The zero-order valence-corrected chi connectivity index (χ0v) is 20.3. The predicted octanol–water partition coefficient (Wildman–Crippen LogP) is 6.15. The van der Waals surface area contributed by atoms with Crippen LogP contribution in [0.15, 0.2) is 72.8 Å². The summed E-state index contributed by atoms with van der Waals surface area (Å²) in [6.07, 6.45) is 0.337. The van der Waals surface area contributed by atoms with E-state index in [9.17, 15) is 4.79 Å². The van der Waals surface area contributed by atoms with Gasteiger partial charge in [0.25, 0.3) is 0 Å². The van der Waals surface area contributed by atoms with Crippen LogP contribution in [0.4, 0.5) is 5.82 Å². The predicted molar refractivity (Wildman–Crippen MR) is 139 cm³/mol. The van der Waals surface area contributed by atoms with Crippen molar-refractivity contribution in [3.05, 3.63) is 101 Å². The minimum absolute atomic E-state index is 0.0433. The van der Waals surface area contributed by atoms with Crippen LogP contribution in [-0.4, -0.2) is 20.7 Å². The van der Waals surface area contributed by atoms with Crippen molar-refractivity contribution >= 4 is 33.3 Å². The number of hydrogen-bond donors (Lipinski definition) is 1. The highest BCUT2D eigenvalue weighted by Gasteiger charge is 2.34. The number of carbonyl (C=O) groups is 1. The van der Waals surface area contributed by atoms with Crippen LogP contribution in [0.5, 0.6) is 5.75 Å². The molecule has 174 valence electrons. The molecule has 0 saturated carbocycles. The fourth-order valence-electron chi connectivity index (χ4n) is 4.76. The number of aryl methyl sites for hydroxylation is 2. The van der Waals surface area contributed by atoms with Gasteiger partial charge in [0.05, 0.1) is 15.9 Å².